The highest BCUT2D eigenvalue weighted by molar-refractivity contribution is 7.87. The van der Waals surface area contributed by atoms with E-state index in [9.17, 15) is 13.2 Å². The van der Waals surface area contributed by atoms with E-state index >= 15 is 0 Å². The van der Waals surface area contributed by atoms with Gasteiger partial charge in [-0.2, -0.15) is 8.42 Å². The van der Waals surface area contributed by atoms with E-state index in [1.165, 1.54) is 38.5 Å². The summed E-state index contributed by atoms with van der Waals surface area (Å²) in [5, 5.41) is 8.49. The van der Waals surface area contributed by atoms with Gasteiger partial charge in [-0.15, -0.1) is 0 Å². The Morgan fingerprint density at radius 2 is 1.43 bits per heavy atom. The molecule has 0 aromatic rings. The van der Waals surface area contributed by atoms with Crippen LogP contribution in [-0.4, -0.2) is 31.9 Å². The molecular weight excluding hydrogens is 294 g/mol. The van der Waals surface area contributed by atoms with Crippen LogP contribution in [0.25, 0.3) is 0 Å². The molecule has 0 aliphatic heterocycles. The fraction of sp³-hybridized carbons (Fsp3) is 0.929. The third-order valence-corrected chi connectivity index (χ3v) is 4.17. The fourth-order valence-electron chi connectivity index (χ4n) is 1.92. The Labute approximate surface area is 129 Å². The smallest absolute Gasteiger partial charge is 0.322 e. The monoisotopic (exact) mass is 326 g/mol. The maximum atomic E-state index is 11.3. The minimum absolute atomic E-state index is 0. The van der Waals surface area contributed by atoms with Gasteiger partial charge in [-0.05, 0) is 6.42 Å². The Balaban J connectivity index is 0. The van der Waals surface area contributed by atoms with Crippen LogP contribution in [0.3, 0.4) is 0 Å². The zero-order valence-electron chi connectivity index (χ0n) is 13.5. The fourth-order valence-corrected chi connectivity index (χ4v) is 2.59. The predicted octanol–water partition coefficient (Wildman–Crippen LogP) is 3.15. The first-order valence-corrected chi connectivity index (χ1v) is 9.15. The molecule has 0 fully saturated rings. The molecule has 0 aliphatic rings. The van der Waals surface area contributed by atoms with Crippen molar-refractivity contribution in [2.45, 2.75) is 71.1 Å². The van der Waals surface area contributed by atoms with Crippen molar-refractivity contribution in [3.8, 4) is 0 Å². The van der Waals surface area contributed by atoms with E-state index in [-0.39, 0.29) is 12.6 Å². The SMILES string of the molecule is CCCCCCCCCCCC(=O)OS(=O)(=O)CCO.[NH4+]. The summed E-state index contributed by atoms with van der Waals surface area (Å²) in [4.78, 5) is 11.3. The van der Waals surface area contributed by atoms with Gasteiger partial charge >= 0.3 is 16.1 Å². The molecule has 0 rings (SSSR count). The summed E-state index contributed by atoms with van der Waals surface area (Å²) in [5.41, 5.74) is 0. The van der Waals surface area contributed by atoms with Crippen LogP contribution < -0.4 is 6.15 Å². The van der Waals surface area contributed by atoms with E-state index in [1.807, 2.05) is 0 Å². The van der Waals surface area contributed by atoms with Crippen LogP contribution in [0.15, 0.2) is 0 Å². The number of hydrogen-bond acceptors (Lipinski definition) is 5. The van der Waals surface area contributed by atoms with Crippen LogP contribution in [0.1, 0.15) is 71.1 Å². The quantitative estimate of drug-likeness (QED) is 0.398. The zero-order chi connectivity index (χ0) is 15.3. The maximum absolute atomic E-state index is 11.3. The first-order chi connectivity index (χ1) is 9.52. The van der Waals surface area contributed by atoms with Gasteiger partial charge in [-0.1, -0.05) is 58.3 Å². The average Bonchev–Trinajstić information content (AvgIpc) is 2.36. The largest absolute Gasteiger partial charge is 0.395 e. The van der Waals surface area contributed by atoms with Crippen LogP contribution in [0.2, 0.25) is 0 Å². The van der Waals surface area contributed by atoms with Gasteiger partial charge in [0.1, 0.15) is 5.75 Å². The Hall–Kier alpha value is -0.660. The van der Waals surface area contributed by atoms with Crippen molar-refractivity contribution in [3.05, 3.63) is 0 Å². The topological polar surface area (TPSA) is 117 Å². The van der Waals surface area contributed by atoms with Crippen molar-refractivity contribution in [1.29, 1.82) is 0 Å². The molecule has 5 N–H and O–H groups in total. The maximum Gasteiger partial charge on any atom is 0.322 e. The molecule has 128 valence electrons. The Kier molecular flexibility index (Phi) is 15.4. The van der Waals surface area contributed by atoms with Gasteiger partial charge in [-0.25, -0.2) is 0 Å². The molecule has 0 spiro atoms. The molecular formula is C14H32NO5S+. The minimum atomic E-state index is -3.89. The second kappa shape index (κ2) is 14.3. The summed E-state index contributed by atoms with van der Waals surface area (Å²) in [7, 11) is -3.89. The highest BCUT2D eigenvalue weighted by Gasteiger charge is 2.15. The van der Waals surface area contributed by atoms with Crippen molar-refractivity contribution in [2.24, 2.45) is 0 Å². The molecule has 0 saturated heterocycles. The predicted molar refractivity (Wildman–Crippen MR) is 84.8 cm³/mol. The van der Waals surface area contributed by atoms with Crippen LogP contribution in [-0.2, 0) is 19.1 Å². The van der Waals surface area contributed by atoms with Crippen molar-refractivity contribution in [2.75, 3.05) is 12.4 Å². The van der Waals surface area contributed by atoms with Gasteiger partial charge in [0, 0.05) is 6.42 Å². The van der Waals surface area contributed by atoms with E-state index in [2.05, 4.69) is 11.1 Å². The van der Waals surface area contributed by atoms with E-state index in [1.54, 1.807) is 0 Å². The molecule has 0 aliphatic carbocycles. The number of aliphatic hydroxyl groups excluding tert-OH is 1. The van der Waals surface area contributed by atoms with Crippen LogP contribution in [0.5, 0.6) is 0 Å². The molecule has 0 amide bonds. The number of carbonyl (C=O) groups is 1. The van der Waals surface area contributed by atoms with Gasteiger partial charge in [0.2, 0.25) is 0 Å². The van der Waals surface area contributed by atoms with Crippen LogP contribution in [0, 0.1) is 0 Å². The molecule has 0 radical (unpaired) electrons. The van der Waals surface area contributed by atoms with Crippen molar-refractivity contribution >= 4 is 16.1 Å². The normalized spacial score (nSPS) is 11.0. The molecule has 0 aromatic heterocycles. The molecule has 0 aromatic carbocycles. The lowest BCUT2D eigenvalue weighted by Crippen LogP contribution is -2.17. The summed E-state index contributed by atoms with van der Waals surface area (Å²) < 4.78 is 26.5. The van der Waals surface area contributed by atoms with E-state index in [0.29, 0.717) is 6.42 Å². The number of hydrogen-bond donors (Lipinski definition) is 2. The minimum Gasteiger partial charge on any atom is -0.395 e. The van der Waals surface area contributed by atoms with Gasteiger partial charge in [0.05, 0.1) is 6.61 Å². The van der Waals surface area contributed by atoms with Gasteiger partial charge in [0.25, 0.3) is 0 Å². The van der Waals surface area contributed by atoms with Crippen molar-refractivity contribution in [3.63, 3.8) is 0 Å². The standard InChI is InChI=1S/C14H28O5S.H3N/c1-2-3-4-5-6-7-8-9-10-11-14(16)19-20(17,18)13-12-15;/h15H,2-13H2,1H3;1H3/p+1. The number of aliphatic hydroxyl groups is 1. The van der Waals surface area contributed by atoms with E-state index in [0.717, 1.165) is 12.8 Å². The Bertz CT molecular complexity index is 343. The molecule has 0 atom stereocenters. The van der Waals surface area contributed by atoms with Crippen molar-refractivity contribution < 1.29 is 22.5 Å². The number of carbonyl (C=O) groups excluding carboxylic acids is 1. The molecule has 0 unspecified atom stereocenters. The lowest BCUT2D eigenvalue weighted by Gasteiger charge is -2.04. The summed E-state index contributed by atoms with van der Waals surface area (Å²) in [6.45, 7) is 1.66. The third kappa shape index (κ3) is 15.5. The zero-order valence-corrected chi connectivity index (χ0v) is 14.3. The van der Waals surface area contributed by atoms with Gasteiger partial charge in [0.15, 0.2) is 0 Å². The summed E-state index contributed by atoms with van der Waals surface area (Å²) in [6.07, 6.45) is 10.3. The highest BCUT2D eigenvalue weighted by Crippen LogP contribution is 2.11. The third-order valence-electron chi connectivity index (χ3n) is 3.05. The molecule has 0 saturated carbocycles. The molecule has 6 nitrogen and oxygen atoms in total. The van der Waals surface area contributed by atoms with Crippen molar-refractivity contribution in [1.82, 2.24) is 6.15 Å². The van der Waals surface area contributed by atoms with Crippen LogP contribution >= 0.6 is 0 Å². The molecule has 0 heterocycles. The lowest BCUT2D eigenvalue weighted by atomic mass is 10.1. The Morgan fingerprint density at radius 1 is 0.952 bits per heavy atom. The first kappa shape index (κ1) is 22.6. The molecule has 7 heteroatoms. The number of rotatable bonds is 13. The first-order valence-electron chi connectivity index (χ1n) is 7.57. The molecule has 0 bridgehead atoms. The van der Waals surface area contributed by atoms with E-state index in [4.69, 9.17) is 5.11 Å². The Morgan fingerprint density at radius 3 is 1.90 bits per heavy atom. The number of quaternary nitrogens is 1. The average molecular weight is 326 g/mol. The lowest BCUT2D eigenvalue weighted by molar-refractivity contribution is -0.133. The second-order valence-corrected chi connectivity index (χ2v) is 6.71. The van der Waals surface area contributed by atoms with Gasteiger partial charge < -0.3 is 15.4 Å². The van der Waals surface area contributed by atoms with E-state index < -0.39 is 28.4 Å². The summed E-state index contributed by atoms with van der Waals surface area (Å²) in [6, 6.07) is 0. The highest BCUT2D eigenvalue weighted by atomic mass is 32.2. The second-order valence-electron chi connectivity index (χ2n) is 5.02. The summed E-state index contributed by atoms with van der Waals surface area (Å²) in [5.74, 6) is -1.25. The molecule has 21 heavy (non-hydrogen) atoms. The summed E-state index contributed by atoms with van der Waals surface area (Å²) >= 11 is 0. The number of unbranched alkanes of at least 4 members (excludes halogenated alkanes) is 8. The van der Waals surface area contributed by atoms with Crippen LogP contribution in [0.4, 0.5) is 0 Å². The van der Waals surface area contributed by atoms with Gasteiger partial charge in [-0.3, -0.25) is 4.79 Å².